The van der Waals surface area contributed by atoms with Crippen LogP contribution in [0, 0.1) is 11.3 Å². The summed E-state index contributed by atoms with van der Waals surface area (Å²) in [6.07, 6.45) is 1.05. The average molecular weight is 249 g/mol. The second kappa shape index (κ2) is 5.21. The largest absolute Gasteiger partial charge is 0.394 e. The maximum atomic E-state index is 12.2. The molecule has 96 valence electrons. The van der Waals surface area contributed by atoms with Gasteiger partial charge in [-0.25, -0.2) is 0 Å². The minimum Gasteiger partial charge on any atom is -0.394 e. The number of aromatic nitrogens is 1. The van der Waals surface area contributed by atoms with Gasteiger partial charge in [0.25, 0.3) is 5.91 Å². The van der Waals surface area contributed by atoms with Gasteiger partial charge in [-0.2, -0.15) is 5.26 Å². The van der Waals surface area contributed by atoms with Gasteiger partial charge in [0.05, 0.1) is 24.4 Å². The molecular formula is C12H15N3O3. The molecule has 1 aromatic heterocycles. The van der Waals surface area contributed by atoms with E-state index in [-0.39, 0.29) is 24.7 Å². The van der Waals surface area contributed by atoms with E-state index in [1.807, 2.05) is 13.0 Å². The lowest BCUT2D eigenvalue weighted by Gasteiger charge is -2.35. The Balaban J connectivity index is 2.10. The van der Waals surface area contributed by atoms with E-state index in [0.717, 1.165) is 0 Å². The van der Waals surface area contributed by atoms with E-state index in [4.69, 9.17) is 15.1 Å². The Bertz CT molecular complexity index is 477. The fourth-order valence-corrected chi connectivity index (χ4v) is 2.06. The fraction of sp³-hybridized carbons (Fsp3) is 0.500. The number of nitrogens with zero attached hydrogens (tertiary/aromatic N) is 2. The summed E-state index contributed by atoms with van der Waals surface area (Å²) >= 11 is 0. The van der Waals surface area contributed by atoms with Crippen LogP contribution in [0.1, 0.15) is 23.0 Å². The topological polar surface area (TPSA) is 89.4 Å². The number of nitriles is 1. The van der Waals surface area contributed by atoms with Crippen LogP contribution in [0.4, 0.5) is 0 Å². The predicted octanol–water partition coefficient (Wildman–Crippen LogP) is 0.108. The van der Waals surface area contributed by atoms with Crippen LogP contribution in [0.5, 0.6) is 0 Å². The smallest absolute Gasteiger partial charge is 0.270 e. The Morgan fingerprint density at radius 1 is 1.72 bits per heavy atom. The number of aliphatic hydroxyl groups excluding tert-OH is 1. The molecular weight excluding hydrogens is 234 g/mol. The quantitative estimate of drug-likeness (QED) is 0.778. The second-order valence-electron chi connectivity index (χ2n) is 4.38. The Hall–Kier alpha value is -1.84. The van der Waals surface area contributed by atoms with Gasteiger partial charge in [0.2, 0.25) is 0 Å². The molecule has 1 aromatic rings. The first-order valence-electron chi connectivity index (χ1n) is 5.78. The summed E-state index contributed by atoms with van der Waals surface area (Å²) in [6, 6.07) is 3.49. The standard InChI is InChI=1S/C12H15N3O3/c1-8-5-15(6-10(7-16)18-8)12(17)11-2-9(3-13)4-14-11/h2,4,8,10,14,16H,5-7H2,1H3. The lowest BCUT2D eigenvalue weighted by Crippen LogP contribution is -2.50. The molecule has 0 spiro atoms. The van der Waals surface area contributed by atoms with Crippen molar-refractivity contribution in [1.29, 1.82) is 5.26 Å². The van der Waals surface area contributed by atoms with Gasteiger partial charge in [0.1, 0.15) is 11.8 Å². The molecule has 2 rings (SSSR count). The highest BCUT2D eigenvalue weighted by Crippen LogP contribution is 2.14. The Kier molecular flexibility index (Phi) is 3.65. The molecule has 0 bridgehead atoms. The molecule has 6 heteroatoms. The first-order chi connectivity index (χ1) is 8.63. The second-order valence-corrected chi connectivity index (χ2v) is 4.38. The summed E-state index contributed by atoms with van der Waals surface area (Å²) in [7, 11) is 0. The molecule has 0 aliphatic carbocycles. The molecule has 1 aliphatic rings. The lowest BCUT2D eigenvalue weighted by atomic mass is 10.2. The van der Waals surface area contributed by atoms with Gasteiger partial charge < -0.3 is 19.7 Å². The highest BCUT2D eigenvalue weighted by atomic mass is 16.5. The van der Waals surface area contributed by atoms with Crippen molar-refractivity contribution in [2.45, 2.75) is 19.1 Å². The van der Waals surface area contributed by atoms with E-state index in [1.165, 1.54) is 12.3 Å². The fourth-order valence-electron chi connectivity index (χ4n) is 2.06. The SMILES string of the molecule is CC1CN(C(=O)c2cc(C#N)c[nH]2)CC(CO)O1. The molecule has 2 N–H and O–H groups in total. The summed E-state index contributed by atoms with van der Waals surface area (Å²) in [6.45, 7) is 2.59. The van der Waals surface area contributed by atoms with E-state index in [9.17, 15) is 4.79 Å². The van der Waals surface area contributed by atoms with Crippen LogP contribution in [0.15, 0.2) is 12.3 Å². The number of nitrogens with one attached hydrogen (secondary N) is 1. The van der Waals surface area contributed by atoms with Gasteiger partial charge >= 0.3 is 0 Å². The number of aromatic amines is 1. The molecule has 1 aliphatic heterocycles. The third kappa shape index (κ3) is 2.53. The van der Waals surface area contributed by atoms with Gasteiger partial charge in [0.15, 0.2) is 0 Å². The van der Waals surface area contributed by atoms with Gasteiger partial charge in [-0.3, -0.25) is 4.79 Å². The number of hydrogen-bond donors (Lipinski definition) is 2. The molecule has 0 radical (unpaired) electrons. The van der Waals surface area contributed by atoms with Gasteiger partial charge in [-0.1, -0.05) is 0 Å². The van der Waals surface area contributed by atoms with Crippen molar-refractivity contribution < 1.29 is 14.6 Å². The van der Waals surface area contributed by atoms with Crippen LogP contribution < -0.4 is 0 Å². The minimum atomic E-state index is -0.344. The first-order valence-corrected chi connectivity index (χ1v) is 5.78. The van der Waals surface area contributed by atoms with Crippen molar-refractivity contribution in [2.75, 3.05) is 19.7 Å². The van der Waals surface area contributed by atoms with Crippen LogP contribution in [0.2, 0.25) is 0 Å². The van der Waals surface area contributed by atoms with Crippen molar-refractivity contribution in [3.8, 4) is 6.07 Å². The van der Waals surface area contributed by atoms with Crippen molar-refractivity contribution in [2.24, 2.45) is 0 Å². The number of ether oxygens (including phenoxy) is 1. The number of hydrogen-bond acceptors (Lipinski definition) is 4. The Labute approximate surface area is 105 Å². The number of amides is 1. The number of carbonyl (C=O) groups excluding carboxylic acids is 1. The molecule has 2 unspecified atom stereocenters. The van der Waals surface area contributed by atoms with Crippen LogP contribution >= 0.6 is 0 Å². The Morgan fingerprint density at radius 3 is 3.11 bits per heavy atom. The van der Waals surface area contributed by atoms with Gasteiger partial charge in [-0.05, 0) is 13.0 Å². The highest BCUT2D eigenvalue weighted by molar-refractivity contribution is 5.93. The number of carbonyl (C=O) groups is 1. The van der Waals surface area contributed by atoms with Crippen molar-refractivity contribution >= 4 is 5.91 Å². The summed E-state index contributed by atoms with van der Waals surface area (Å²) in [5.74, 6) is -0.176. The zero-order valence-electron chi connectivity index (χ0n) is 10.1. The van der Waals surface area contributed by atoms with E-state index in [0.29, 0.717) is 24.3 Å². The first kappa shape index (κ1) is 12.6. The maximum Gasteiger partial charge on any atom is 0.270 e. The molecule has 18 heavy (non-hydrogen) atoms. The maximum absolute atomic E-state index is 12.2. The minimum absolute atomic E-state index is 0.106. The predicted molar refractivity (Wildman–Crippen MR) is 62.8 cm³/mol. The number of morpholine rings is 1. The summed E-state index contributed by atoms with van der Waals surface area (Å²) < 4.78 is 5.47. The molecule has 6 nitrogen and oxygen atoms in total. The third-order valence-electron chi connectivity index (χ3n) is 2.86. The van der Waals surface area contributed by atoms with Crippen molar-refractivity contribution in [3.63, 3.8) is 0 Å². The summed E-state index contributed by atoms with van der Waals surface area (Å²) in [5, 5.41) is 17.8. The summed E-state index contributed by atoms with van der Waals surface area (Å²) in [4.78, 5) is 16.6. The number of aliphatic hydroxyl groups is 1. The molecule has 1 fully saturated rings. The molecule has 1 saturated heterocycles. The van der Waals surface area contributed by atoms with Crippen LogP contribution in [-0.2, 0) is 4.74 Å². The van der Waals surface area contributed by atoms with Crippen LogP contribution in [0.3, 0.4) is 0 Å². The van der Waals surface area contributed by atoms with E-state index in [2.05, 4.69) is 4.98 Å². The zero-order chi connectivity index (χ0) is 13.1. The van der Waals surface area contributed by atoms with E-state index >= 15 is 0 Å². The third-order valence-corrected chi connectivity index (χ3v) is 2.86. The molecule has 0 saturated carbocycles. The highest BCUT2D eigenvalue weighted by Gasteiger charge is 2.29. The molecule has 2 heterocycles. The molecule has 2 atom stereocenters. The molecule has 0 aromatic carbocycles. The monoisotopic (exact) mass is 249 g/mol. The molecule has 1 amide bonds. The van der Waals surface area contributed by atoms with Crippen LogP contribution in [0.25, 0.3) is 0 Å². The van der Waals surface area contributed by atoms with E-state index < -0.39 is 0 Å². The van der Waals surface area contributed by atoms with Gasteiger partial charge in [-0.15, -0.1) is 0 Å². The van der Waals surface area contributed by atoms with Crippen LogP contribution in [-0.4, -0.2) is 52.8 Å². The number of H-pyrrole nitrogens is 1. The lowest BCUT2D eigenvalue weighted by molar-refractivity contribution is -0.0859. The number of rotatable bonds is 2. The van der Waals surface area contributed by atoms with E-state index in [1.54, 1.807) is 4.90 Å². The van der Waals surface area contributed by atoms with Crippen molar-refractivity contribution in [3.05, 3.63) is 23.5 Å². The Morgan fingerprint density at radius 2 is 2.50 bits per heavy atom. The normalized spacial score (nSPS) is 23.7. The zero-order valence-corrected chi connectivity index (χ0v) is 10.1. The van der Waals surface area contributed by atoms with Crippen molar-refractivity contribution in [1.82, 2.24) is 9.88 Å². The van der Waals surface area contributed by atoms with Gasteiger partial charge in [0, 0.05) is 19.3 Å². The summed E-state index contributed by atoms with van der Waals surface area (Å²) in [5.41, 5.74) is 0.815. The average Bonchev–Trinajstić information content (AvgIpc) is 2.85.